The first-order valence-electron chi connectivity index (χ1n) is 5.88. The molecule has 9 heteroatoms. The zero-order valence-electron chi connectivity index (χ0n) is 11.4. The molecule has 0 aliphatic carbocycles. The van der Waals surface area contributed by atoms with Crippen molar-refractivity contribution in [2.45, 2.75) is 43.1 Å². The summed E-state index contributed by atoms with van der Waals surface area (Å²) in [4.78, 5) is -0.751. The van der Waals surface area contributed by atoms with Gasteiger partial charge >= 0.3 is 6.18 Å². The maximum absolute atomic E-state index is 13.4. The van der Waals surface area contributed by atoms with Crippen LogP contribution in [0.4, 0.5) is 17.6 Å². The highest BCUT2D eigenvalue weighted by Gasteiger charge is 2.70. The summed E-state index contributed by atoms with van der Waals surface area (Å²) >= 11 is 0. The third-order valence-corrected chi connectivity index (χ3v) is 5.34. The smallest absolute Gasteiger partial charge is 0.363 e. The summed E-state index contributed by atoms with van der Waals surface area (Å²) in [6.45, 7) is 3.64. The molecule has 0 spiro atoms. The highest BCUT2D eigenvalue weighted by molar-refractivity contribution is 7.89. The highest BCUT2D eigenvalue weighted by atomic mass is 32.2. The van der Waals surface area contributed by atoms with E-state index in [9.17, 15) is 31.1 Å². The molecule has 1 aliphatic rings. The van der Waals surface area contributed by atoms with E-state index >= 15 is 0 Å². The highest BCUT2D eigenvalue weighted by Crippen LogP contribution is 2.54. The number of rotatable bonds is 0. The van der Waals surface area contributed by atoms with Crippen LogP contribution in [0.5, 0.6) is 0 Å². The number of nitrogens with zero attached hydrogens (tertiary/aromatic N) is 1. The second-order valence-electron chi connectivity index (χ2n) is 5.75. The Hall–Kier alpha value is -1.19. The van der Waals surface area contributed by atoms with Crippen molar-refractivity contribution >= 4 is 10.0 Å². The average molecular weight is 327 g/mol. The van der Waals surface area contributed by atoms with Gasteiger partial charge in [0.1, 0.15) is 5.82 Å². The molecule has 0 aromatic heterocycles. The third kappa shape index (κ3) is 2.06. The summed E-state index contributed by atoms with van der Waals surface area (Å²) in [5.74, 6) is -1.07. The van der Waals surface area contributed by atoms with E-state index in [1.54, 1.807) is 0 Å². The van der Waals surface area contributed by atoms with E-state index in [2.05, 4.69) is 0 Å². The summed E-state index contributed by atoms with van der Waals surface area (Å²) < 4.78 is 78.1. The van der Waals surface area contributed by atoms with Crippen molar-refractivity contribution in [1.29, 1.82) is 0 Å². The molecule has 0 fully saturated rings. The van der Waals surface area contributed by atoms with Gasteiger partial charge in [0.05, 0.1) is 4.90 Å². The molecule has 0 radical (unpaired) electrons. The number of fused-ring (bicyclic) bond motifs is 1. The molecule has 1 heterocycles. The van der Waals surface area contributed by atoms with Crippen molar-refractivity contribution in [2.75, 3.05) is 0 Å². The number of sulfonamides is 1. The Balaban J connectivity index is 2.93. The molecular weight excluding hydrogens is 314 g/mol. The fourth-order valence-corrected chi connectivity index (χ4v) is 4.68. The maximum atomic E-state index is 13.4. The van der Waals surface area contributed by atoms with Crippen molar-refractivity contribution in [3.63, 3.8) is 0 Å². The maximum Gasteiger partial charge on any atom is 0.436 e. The van der Waals surface area contributed by atoms with E-state index in [0.717, 1.165) is 12.1 Å². The van der Waals surface area contributed by atoms with Gasteiger partial charge in [0, 0.05) is 11.1 Å². The van der Waals surface area contributed by atoms with Crippen molar-refractivity contribution in [3.8, 4) is 0 Å². The SMILES string of the molecule is CC(C)(C)N1C(O)(C(F)(F)F)c2cc(F)ccc2S1(=O)=O. The zero-order chi connectivity index (χ0) is 16.4. The summed E-state index contributed by atoms with van der Waals surface area (Å²) in [7, 11) is -4.61. The summed E-state index contributed by atoms with van der Waals surface area (Å²) in [5, 5.41) is 10.2. The number of alkyl halides is 3. The first-order valence-corrected chi connectivity index (χ1v) is 7.32. The first kappa shape index (κ1) is 16.2. The van der Waals surface area contributed by atoms with E-state index in [-0.39, 0.29) is 4.31 Å². The fraction of sp³-hybridized carbons (Fsp3) is 0.500. The molecule has 1 N–H and O–H groups in total. The van der Waals surface area contributed by atoms with Crippen LogP contribution in [-0.2, 0) is 15.7 Å². The quantitative estimate of drug-likeness (QED) is 0.744. The molecule has 0 bridgehead atoms. The molecule has 4 nitrogen and oxygen atoms in total. The molecular formula is C12H13F4NO3S. The van der Waals surface area contributed by atoms with Crippen LogP contribution in [0, 0.1) is 5.82 Å². The molecule has 118 valence electrons. The molecule has 1 aliphatic heterocycles. The third-order valence-electron chi connectivity index (χ3n) is 3.13. The molecule has 0 amide bonds. The van der Waals surface area contributed by atoms with Crippen LogP contribution >= 0.6 is 0 Å². The van der Waals surface area contributed by atoms with E-state index in [1.807, 2.05) is 0 Å². The number of hydrogen-bond donors (Lipinski definition) is 1. The number of hydrogen-bond acceptors (Lipinski definition) is 3. The predicted molar refractivity (Wildman–Crippen MR) is 65.1 cm³/mol. The Morgan fingerprint density at radius 2 is 1.71 bits per heavy atom. The minimum Gasteiger partial charge on any atom is -0.363 e. The molecule has 0 saturated carbocycles. The molecule has 1 unspecified atom stereocenters. The van der Waals surface area contributed by atoms with Gasteiger partial charge in [0.25, 0.3) is 5.72 Å². The summed E-state index contributed by atoms with van der Waals surface area (Å²) in [6, 6.07) is 1.86. The Kier molecular flexibility index (Phi) is 3.22. The lowest BCUT2D eigenvalue weighted by atomic mass is 9.97. The van der Waals surface area contributed by atoms with Crippen LogP contribution in [-0.4, -0.2) is 29.5 Å². The molecule has 0 saturated heterocycles. The van der Waals surface area contributed by atoms with E-state index in [4.69, 9.17) is 0 Å². The monoisotopic (exact) mass is 327 g/mol. The normalized spacial score (nSPS) is 25.9. The van der Waals surface area contributed by atoms with Crippen LogP contribution in [0.2, 0.25) is 0 Å². The lowest BCUT2D eigenvalue weighted by Gasteiger charge is -2.41. The summed E-state index contributed by atoms with van der Waals surface area (Å²) in [6.07, 6.45) is -5.33. The first-order chi connectivity index (χ1) is 9.24. The number of aliphatic hydroxyl groups is 1. The fourth-order valence-electron chi connectivity index (χ4n) is 2.50. The Morgan fingerprint density at radius 3 is 2.14 bits per heavy atom. The van der Waals surface area contributed by atoms with Crippen molar-refractivity contribution in [2.24, 2.45) is 0 Å². The molecule has 1 aromatic rings. The Labute approximate surface area is 119 Å². The van der Waals surface area contributed by atoms with Crippen LogP contribution < -0.4 is 0 Å². The van der Waals surface area contributed by atoms with Gasteiger partial charge in [-0.05, 0) is 39.0 Å². The predicted octanol–water partition coefficient (Wildman–Crippen LogP) is 2.34. The van der Waals surface area contributed by atoms with Gasteiger partial charge in [-0.1, -0.05) is 0 Å². The van der Waals surface area contributed by atoms with Crippen molar-refractivity contribution in [1.82, 2.24) is 4.31 Å². The number of benzene rings is 1. The van der Waals surface area contributed by atoms with Crippen LogP contribution in [0.1, 0.15) is 26.3 Å². The van der Waals surface area contributed by atoms with Crippen molar-refractivity contribution in [3.05, 3.63) is 29.6 Å². The van der Waals surface area contributed by atoms with Gasteiger partial charge < -0.3 is 5.11 Å². The number of halogens is 4. The van der Waals surface area contributed by atoms with Crippen LogP contribution in [0.25, 0.3) is 0 Å². The second-order valence-corrected chi connectivity index (χ2v) is 7.51. The largest absolute Gasteiger partial charge is 0.436 e. The van der Waals surface area contributed by atoms with Gasteiger partial charge in [-0.3, -0.25) is 0 Å². The van der Waals surface area contributed by atoms with Gasteiger partial charge in [0.2, 0.25) is 10.0 Å². The summed E-state index contributed by atoms with van der Waals surface area (Å²) in [5.41, 5.74) is -6.40. The topological polar surface area (TPSA) is 57.6 Å². The van der Waals surface area contributed by atoms with E-state index in [0.29, 0.717) is 6.07 Å². The van der Waals surface area contributed by atoms with Crippen LogP contribution in [0.3, 0.4) is 0 Å². The molecule has 21 heavy (non-hydrogen) atoms. The van der Waals surface area contributed by atoms with Gasteiger partial charge in [0.15, 0.2) is 0 Å². The Morgan fingerprint density at radius 1 is 1.19 bits per heavy atom. The molecule has 1 aromatic carbocycles. The van der Waals surface area contributed by atoms with E-state index < -0.39 is 43.7 Å². The Bertz CT molecular complexity index is 693. The zero-order valence-corrected chi connectivity index (χ0v) is 12.2. The van der Waals surface area contributed by atoms with E-state index in [1.165, 1.54) is 20.8 Å². The minimum absolute atomic E-state index is 0.0306. The standard InChI is InChI=1S/C12H13F4NO3S/c1-10(2,3)17-11(18,12(14,15)16)8-6-7(13)4-5-9(8)21(17,19)20/h4-6,18H,1-3H3. The lowest BCUT2D eigenvalue weighted by molar-refractivity contribution is -0.314. The lowest BCUT2D eigenvalue weighted by Crippen LogP contribution is -2.60. The van der Waals surface area contributed by atoms with Gasteiger partial charge in [-0.15, -0.1) is 4.31 Å². The molecule has 1 atom stereocenters. The van der Waals surface area contributed by atoms with Crippen LogP contribution in [0.15, 0.2) is 23.1 Å². The van der Waals surface area contributed by atoms with Gasteiger partial charge in [-0.25, -0.2) is 12.8 Å². The molecule has 2 rings (SSSR count). The average Bonchev–Trinajstić information content (AvgIpc) is 2.42. The van der Waals surface area contributed by atoms with Crippen molar-refractivity contribution < 1.29 is 31.1 Å². The minimum atomic E-state index is -5.33. The second kappa shape index (κ2) is 4.17. The van der Waals surface area contributed by atoms with Gasteiger partial charge in [-0.2, -0.15) is 13.2 Å².